The van der Waals surface area contributed by atoms with Crippen LogP contribution < -0.4 is 5.56 Å². The van der Waals surface area contributed by atoms with Gasteiger partial charge in [0.25, 0.3) is 5.56 Å². The molecule has 1 aliphatic carbocycles. The van der Waals surface area contributed by atoms with E-state index in [0.29, 0.717) is 0 Å². The first-order valence-corrected chi connectivity index (χ1v) is 5.05. The van der Waals surface area contributed by atoms with Crippen molar-refractivity contribution in [2.24, 2.45) is 0 Å². The molecule has 1 aromatic rings. The lowest BCUT2D eigenvalue weighted by Gasteiger charge is -2.18. The summed E-state index contributed by atoms with van der Waals surface area (Å²) in [5.41, 5.74) is -0.0819. The van der Waals surface area contributed by atoms with Crippen LogP contribution in [-0.2, 0) is 0 Å². The quantitative estimate of drug-likeness (QED) is 0.526. The van der Waals surface area contributed by atoms with Gasteiger partial charge < -0.3 is 0 Å². The van der Waals surface area contributed by atoms with Gasteiger partial charge in [-0.25, -0.2) is 4.98 Å². The highest BCUT2D eigenvalue weighted by molar-refractivity contribution is 6.29. The van der Waals surface area contributed by atoms with Crippen molar-refractivity contribution in [3.8, 4) is 0 Å². The van der Waals surface area contributed by atoms with Crippen molar-refractivity contribution in [1.29, 1.82) is 0 Å². The van der Waals surface area contributed by atoms with Crippen molar-refractivity contribution in [3.05, 3.63) is 40.1 Å². The van der Waals surface area contributed by atoms with E-state index in [1.165, 1.54) is 12.4 Å². The van der Waals surface area contributed by atoms with Crippen LogP contribution >= 0.6 is 11.6 Å². The van der Waals surface area contributed by atoms with Gasteiger partial charge in [-0.1, -0.05) is 23.8 Å². The smallest absolute Gasteiger partial charge is 0.255 e. The molecular formula is C10H11ClN2O. The molecule has 0 aliphatic heterocycles. The standard InChI is InChI=1S/C10H11ClN2O/c11-9-6-10(14)13(7-12-9)8-4-2-1-3-5-8/h2,4,6-8H,1,3,5H2. The molecule has 0 radical (unpaired) electrons. The number of aromatic nitrogens is 2. The normalized spacial score (nSPS) is 21.1. The molecule has 0 aromatic carbocycles. The van der Waals surface area contributed by atoms with E-state index in [2.05, 4.69) is 17.1 Å². The lowest BCUT2D eigenvalue weighted by molar-refractivity contribution is 0.498. The molecule has 0 saturated carbocycles. The van der Waals surface area contributed by atoms with Gasteiger partial charge in [-0.2, -0.15) is 0 Å². The first-order valence-electron chi connectivity index (χ1n) is 4.68. The van der Waals surface area contributed by atoms with Crippen LogP contribution in [0.3, 0.4) is 0 Å². The van der Waals surface area contributed by atoms with Gasteiger partial charge in [0, 0.05) is 6.07 Å². The van der Waals surface area contributed by atoms with E-state index in [1.54, 1.807) is 4.57 Å². The number of nitrogens with zero attached hydrogens (tertiary/aromatic N) is 2. The molecular weight excluding hydrogens is 200 g/mol. The van der Waals surface area contributed by atoms with Crippen LogP contribution in [0.25, 0.3) is 0 Å². The topological polar surface area (TPSA) is 34.9 Å². The van der Waals surface area contributed by atoms with Gasteiger partial charge in [-0.15, -0.1) is 0 Å². The summed E-state index contributed by atoms with van der Waals surface area (Å²) < 4.78 is 1.63. The predicted molar refractivity (Wildman–Crippen MR) is 55.5 cm³/mol. The van der Waals surface area contributed by atoms with Crippen molar-refractivity contribution in [3.63, 3.8) is 0 Å². The van der Waals surface area contributed by atoms with Gasteiger partial charge in [0.2, 0.25) is 0 Å². The molecule has 0 fully saturated rings. The fraction of sp³-hybridized carbons (Fsp3) is 0.400. The molecule has 0 N–H and O–H groups in total. The average molecular weight is 211 g/mol. The molecule has 0 bridgehead atoms. The van der Waals surface area contributed by atoms with E-state index in [9.17, 15) is 4.79 Å². The molecule has 1 aliphatic rings. The molecule has 74 valence electrons. The highest BCUT2D eigenvalue weighted by Crippen LogP contribution is 2.20. The largest absolute Gasteiger partial charge is 0.292 e. The molecule has 0 amide bonds. The Hall–Kier alpha value is -1.09. The van der Waals surface area contributed by atoms with Crippen molar-refractivity contribution >= 4 is 11.6 Å². The molecule has 2 rings (SSSR count). The van der Waals surface area contributed by atoms with Crippen LogP contribution in [0.4, 0.5) is 0 Å². The first kappa shape index (κ1) is 9.46. The SMILES string of the molecule is O=c1cc(Cl)ncn1C1C=CCCC1. The Kier molecular flexibility index (Phi) is 2.68. The average Bonchev–Trinajstić information content (AvgIpc) is 2.19. The van der Waals surface area contributed by atoms with Gasteiger partial charge in [0.15, 0.2) is 0 Å². The fourth-order valence-electron chi connectivity index (χ4n) is 1.66. The monoisotopic (exact) mass is 210 g/mol. The van der Waals surface area contributed by atoms with E-state index < -0.39 is 0 Å². The maximum absolute atomic E-state index is 11.5. The zero-order chi connectivity index (χ0) is 9.97. The molecule has 3 nitrogen and oxygen atoms in total. The van der Waals surface area contributed by atoms with Gasteiger partial charge in [-0.3, -0.25) is 9.36 Å². The second-order valence-corrected chi connectivity index (χ2v) is 3.77. The maximum Gasteiger partial charge on any atom is 0.255 e. The van der Waals surface area contributed by atoms with Gasteiger partial charge in [0.1, 0.15) is 5.15 Å². The van der Waals surface area contributed by atoms with Gasteiger partial charge in [-0.05, 0) is 19.3 Å². The van der Waals surface area contributed by atoms with E-state index in [-0.39, 0.29) is 16.8 Å². The van der Waals surface area contributed by atoms with Crippen LogP contribution in [0.2, 0.25) is 5.15 Å². The molecule has 0 spiro atoms. The summed E-state index contributed by atoms with van der Waals surface area (Å²) in [7, 11) is 0. The minimum Gasteiger partial charge on any atom is -0.292 e. The van der Waals surface area contributed by atoms with E-state index in [4.69, 9.17) is 11.6 Å². The highest BCUT2D eigenvalue weighted by Gasteiger charge is 2.11. The molecule has 14 heavy (non-hydrogen) atoms. The van der Waals surface area contributed by atoms with E-state index in [0.717, 1.165) is 19.3 Å². The van der Waals surface area contributed by atoms with Crippen LogP contribution in [-0.4, -0.2) is 9.55 Å². The van der Waals surface area contributed by atoms with Crippen LogP contribution in [0, 0.1) is 0 Å². The molecule has 0 saturated heterocycles. The molecule has 1 unspecified atom stereocenters. The number of halogens is 1. The molecule has 1 aromatic heterocycles. The Balaban J connectivity index is 2.36. The Morgan fingerprint density at radius 2 is 2.43 bits per heavy atom. The zero-order valence-electron chi connectivity index (χ0n) is 7.69. The third kappa shape index (κ3) is 1.87. The Morgan fingerprint density at radius 3 is 3.07 bits per heavy atom. The number of rotatable bonds is 1. The maximum atomic E-state index is 11.5. The summed E-state index contributed by atoms with van der Waals surface area (Å²) in [6.07, 6.45) is 8.91. The van der Waals surface area contributed by atoms with Crippen molar-refractivity contribution in [1.82, 2.24) is 9.55 Å². The number of hydrogen-bond donors (Lipinski definition) is 0. The fourth-order valence-corrected chi connectivity index (χ4v) is 1.80. The van der Waals surface area contributed by atoms with Crippen LogP contribution in [0.5, 0.6) is 0 Å². The van der Waals surface area contributed by atoms with E-state index in [1.807, 2.05) is 0 Å². The van der Waals surface area contributed by atoms with E-state index >= 15 is 0 Å². The van der Waals surface area contributed by atoms with Crippen LogP contribution in [0.15, 0.2) is 29.3 Å². The highest BCUT2D eigenvalue weighted by atomic mass is 35.5. The first-order chi connectivity index (χ1) is 6.77. The van der Waals surface area contributed by atoms with Crippen molar-refractivity contribution in [2.45, 2.75) is 25.3 Å². The van der Waals surface area contributed by atoms with Gasteiger partial charge in [0.05, 0.1) is 12.4 Å². The Labute approximate surface area is 87.0 Å². The summed E-state index contributed by atoms with van der Waals surface area (Å²) in [6.45, 7) is 0. The Bertz CT molecular complexity index is 411. The summed E-state index contributed by atoms with van der Waals surface area (Å²) >= 11 is 5.61. The summed E-state index contributed by atoms with van der Waals surface area (Å²) in [5.74, 6) is 0. The third-order valence-electron chi connectivity index (χ3n) is 2.39. The zero-order valence-corrected chi connectivity index (χ0v) is 8.44. The molecule has 1 atom stereocenters. The molecule has 4 heteroatoms. The second kappa shape index (κ2) is 3.96. The summed E-state index contributed by atoms with van der Waals surface area (Å²) in [5, 5.41) is 0.256. The Morgan fingerprint density at radius 1 is 1.57 bits per heavy atom. The number of hydrogen-bond acceptors (Lipinski definition) is 2. The van der Waals surface area contributed by atoms with Crippen molar-refractivity contribution in [2.75, 3.05) is 0 Å². The van der Waals surface area contributed by atoms with Crippen LogP contribution in [0.1, 0.15) is 25.3 Å². The number of allylic oxidation sites excluding steroid dienone is 2. The summed E-state index contributed by atoms with van der Waals surface area (Å²) in [6, 6.07) is 1.50. The minimum atomic E-state index is -0.0819. The van der Waals surface area contributed by atoms with Gasteiger partial charge >= 0.3 is 0 Å². The molecule has 1 heterocycles. The predicted octanol–water partition coefficient (Wildman–Crippen LogP) is 2.18. The summed E-state index contributed by atoms with van der Waals surface area (Å²) in [4.78, 5) is 15.5. The lowest BCUT2D eigenvalue weighted by Crippen LogP contribution is -2.24. The van der Waals surface area contributed by atoms with Crippen molar-refractivity contribution < 1.29 is 0 Å². The minimum absolute atomic E-state index is 0.0819. The third-order valence-corrected chi connectivity index (χ3v) is 2.60. The lowest BCUT2D eigenvalue weighted by atomic mass is 10.0. The second-order valence-electron chi connectivity index (χ2n) is 3.38.